The van der Waals surface area contributed by atoms with Crippen LogP contribution in [0.5, 0.6) is 0 Å². The first-order valence-electron chi connectivity index (χ1n) is 5.77. The second-order valence-corrected chi connectivity index (χ2v) is 5.64. The highest BCUT2D eigenvalue weighted by atomic mass is 79.9. The number of halogens is 1. The zero-order valence-electron chi connectivity index (χ0n) is 9.79. The monoisotopic (exact) mass is 297 g/mol. The largest absolute Gasteiger partial charge is 0.388 e. The van der Waals surface area contributed by atoms with E-state index in [0.717, 1.165) is 29.3 Å². The van der Waals surface area contributed by atoms with E-state index in [4.69, 9.17) is 0 Å². The summed E-state index contributed by atoms with van der Waals surface area (Å²) >= 11 is 3.35. The van der Waals surface area contributed by atoms with Crippen LogP contribution in [-0.4, -0.2) is 23.2 Å². The first-order valence-corrected chi connectivity index (χ1v) is 6.56. The summed E-state index contributed by atoms with van der Waals surface area (Å²) in [6, 6.07) is 5.61. The molecule has 2 rings (SSSR count). The number of carbonyl (C=O) groups is 1. The van der Waals surface area contributed by atoms with Crippen LogP contribution in [0.2, 0.25) is 0 Å². The van der Waals surface area contributed by atoms with Gasteiger partial charge >= 0.3 is 0 Å². The summed E-state index contributed by atoms with van der Waals surface area (Å²) in [5.74, 6) is -0.121. The van der Waals surface area contributed by atoms with Crippen LogP contribution in [0.1, 0.15) is 35.2 Å². The van der Waals surface area contributed by atoms with Crippen LogP contribution in [0.25, 0.3) is 0 Å². The van der Waals surface area contributed by atoms with E-state index < -0.39 is 5.60 Å². The summed E-state index contributed by atoms with van der Waals surface area (Å²) < 4.78 is 0.885. The molecule has 1 aliphatic carbocycles. The number of carbonyl (C=O) groups excluding carboxylic acids is 1. The van der Waals surface area contributed by atoms with Crippen molar-refractivity contribution < 1.29 is 9.90 Å². The van der Waals surface area contributed by atoms with E-state index in [2.05, 4.69) is 21.2 Å². The highest BCUT2D eigenvalue weighted by Crippen LogP contribution is 2.30. The van der Waals surface area contributed by atoms with Crippen LogP contribution in [0.15, 0.2) is 22.7 Å². The predicted octanol–water partition coefficient (Wildman–Crippen LogP) is 2.40. The van der Waals surface area contributed by atoms with E-state index in [-0.39, 0.29) is 5.91 Å². The lowest BCUT2D eigenvalue weighted by Gasteiger charge is -2.36. The van der Waals surface area contributed by atoms with Gasteiger partial charge in [-0.1, -0.05) is 22.0 Å². The van der Waals surface area contributed by atoms with Crippen molar-refractivity contribution in [1.29, 1.82) is 0 Å². The molecule has 0 spiro atoms. The first-order chi connectivity index (χ1) is 8.00. The molecule has 1 saturated carbocycles. The molecule has 17 heavy (non-hydrogen) atoms. The molecule has 3 nitrogen and oxygen atoms in total. The molecule has 0 heterocycles. The summed E-state index contributed by atoms with van der Waals surface area (Å²) in [6.45, 7) is 2.25. The molecule has 0 saturated heterocycles. The summed E-state index contributed by atoms with van der Waals surface area (Å²) in [4.78, 5) is 12.0. The molecule has 1 amide bonds. The molecular weight excluding hydrogens is 282 g/mol. The Bertz CT molecular complexity index is 441. The predicted molar refractivity (Wildman–Crippen MR) is 70.0 cm³/mol. The smallest absolute Gasteiger partial charge is 0.251 e. The fourth-order valence-corrected chi connectivity index (χ4v) is 2.30. The van der Waals surface area contributed by atoms with Gasteiger partial charge in [0.15, 0.2) is 0 Å². The number of amides is 1. The Morgan fingerprint density at radius 1 is 1.53 bits per heavy atom. The summed E-state index contributed by atoms with van der Waals surface area (Å²) in [6.07, 6.45) is 2.61. The third-order valence-corrected chi connectivity index (χ3v) is 3.80. The number of nitrogens with one attached hydrogen (secondary N) is 1. The molecule has 0 atom stereocenters. The normalized spacial score (nSPS) is 17.4. The fourth-order valence-electron chi connectivity index (χ4n) is 1.94. The Balaban J connectivity index is 2.01. The van der Waals surface area contributed by atoms with Crippen molar-refractivity contribution in [3.63, 3.8) is 0 Å². The number of aliphatic hydroxyl groups is 1. The van der Waals surface area contributed by atoms with Crippen molar-refractivity contribution in [3.05, 3.63) is 33.8 Å². The van der Waals surface area contributed by atoms with Crippen molar-refractivity contribution in [1.82, 2.24) is 5.32 Å². The molecular formula is C13H16BrNO2. The third-order valence-electron chi connectivity index (χ3n) is 3.31. The maximum absolute atomic E-state index is 12.0. The van der Waals surface area contributed by atoms with Gasteiger partial charge in [-0.2, -0.15) is 0 Å². The van der Waals surface area contributed by atoms with Gasteiger partial charge < -0.3 is 10.4 Å². The molecule has 92 valence electrons. The zero-order valence-corrected chi connectivity index (χ0v) is 11.4. The van der Waals surface area contributed by atoms with Crippen LogP contribution in [0.3, 0.4) is 0 Å². The van der Waals surface area contributed by atoms with Gasteiger partial charge in [-0.25, -0.2) is 0 Å². The lowest BCUT2D eigenvalue weighted by Crippen LogP contribution is -2.47. The maximum atomic E-state index is 12.0. The van der Waals surface area contributed by atoms with Gasteiger partial charge in [-0.05, 0) is 43.9 Å². The lowest BCUT2D eigenvalue weighted by atomic mass is 9.80. The van der Waals surface area contributed by atoms with Crippen LogP contribution in [-0.2, 0) is 0 Å². The SMILES string of the molecule is Cc1ccc(Br)cc1C(=O)NCC1(O)CCC1. The molecule has 2 N–H and O–H groups in total. The molecule has 0 aliphatic heterocycles. The molecule has 0 radical (unpaired) electrons. The van der Waals surface area contributed by atoms with Crippen molar-refractivity contribution in [2.75, 3.05) is 6.54 Å². The maximum Gasteiger partial charge on any atom is 0.251 e. The minimum Gasteiger partial charge on any atom is -0.388 e. The first kappa shape index (κ1) is 12.6. The van der Waals surface area contributed by atoms with E-state index in [1.54, 1.807) is 6.07 Å². The standard InChI is InChI=1S/C13H16BrNO2/c1-9-3-4-10(14)7-11(9)12(16)15-8-13(17)5-2-6-13/h3-4,7,17H,2,5-6,8H2,1H3,(H,15,16). The Kier molecular flexibility index (Phi) is 3.54. The molecule has 1 aromatic carbocycles. The quantitative estimate of drug-likeness (QED) is 0.900. The minimum atomic E-state index is -0.671. The van der Waals surface area contributed by atoms with E-state index in [9.17, 15) is 9.90 Å². The molecule has 1 aromatic rings. The van der Waals surface area contributed by atoms with E-state index in [0.29, 0.717) is 12.1 Å². The number of aryl methyl sites for hydroxylation is 1. The Labute approximate surface area is 109 Å². The van der Waals surface area contributed by atoms with Gasteiger partial charge in [0, 0.05) is 16.6 Å². The fraction of sp³-hybridized carbons (Fsp3) is 0.462. The molecule has 4 heteroatoms. The van der Waals surface area contributed by atoms with Crippen LogP contribution >= 0.6 is 15.9 Å². The highest BCUT2D eigenvalue weighted by Gasteiger charge is 2.34. The van der Waals surface area contributed by atoms with Crippen LogP contribution < -0.4 is 5.32 Å². The minimum absolute atomic E-state index is 0.121. The number of hydrogen-bond acceptors (Lipinski definition) is 2. The van der Waals surface area contributed by atoms with Crippen molar-refractivity contribution in [2.45, 2.75) is 31.8 Å². The Morgan fingerprint density at radius 2 is 2.24 bits per heavy atom. The van der Waals surface area contributed by atoms with Gasteiger partial charge in [0.1, 0.15) is 0 Å². The van der Waals surface area contributed by atoms with Crippen LogP contribution in [0, 0.1) is 6.92 Å². The topological polar surface area (TPSA) is 49.3 Å². The van der Waals surface area contributed by atoms with Gasteiger partial charge in [0.05, 0.1) is 5.60 Å². The lowest BCUT2D eigenvalue weighted by molar-refractivity contribution is -0.0300. The second-order valence-electron chi connectivity index (χ2n) is 4.72. The third kappa shape index (κ3) is 2.87. The Hall–Kier alpha value is -0.870. The summed E-state index contributed by atoms with van der Waals surface area (Å²) in [5, 5.41) is 12.7. The molecule has 0 aromatic heterocycles. The summed E-state index contributed by atoms with van der Waals surface area (Å²) in [7, 11) is 0. The molecule has 1 fully saturated rings. The van der Waals surface area contributed by atoms with E-state index in [1.807, 2.05) is 19.1 Å². The van der Waals surface area contributed by atoms with Crippen LogP contribution in [0.4, 0.5) is 0 Å². The average molecular weight is 298 g/mol. The van der Waals surface area contributed by atoms with Crippen molar-refractivity contribution >= 4 is 21.8 Å². The van der Waals surface area contributed by atoms with E-state index >= 15 is 0 Å². The Morgan fingerprint density at radius 3 is 2.82 bits per heavy atom. The molecule has 0 bridgehead atoms. The van der Waals surface area contributed by atoms with Crippen molar-refractivity contribution in [3.8, 4) is 0 Å². The number of rotatable bonds is 3. The highest BCUT2D eigenvalue weighted by molar-refractivity contribution is 9.10. The van der Waals surface area contributed by atoms with Gasteiger partial charge in [-0.15, -0.1) is 0 Å². The van der Waals surface area contributed by atoms with Crippen molar-refractivity contribution in [2.24, 2.45) is 0 Å². The van der Waals surface area contributed by atoms with Gasteiger partial charge in [-0.3, -0.25) is 4.79 Å². The molecule has 0 unspecified atom stereocenters. The van der Waals surface area contributed by atoms with Gasteiger partial charge in [0.25, 0.3) is 5.91 Å². The van der Waals surface area contributed by atoms with E-state index in [1.165, 1.54) is 0 Å². The van der Waals surface area contributed by atoms with Gasteiger partial charge in [0.2, 0.25) is 0 Å². The molecule has 1 aliphatic rings. The average Bonchev–Trinajstić information content (AvgIpc) is 2.26. The zero-order chi connectivity index (χ0) is 12.5. The summed E-state index contributed by atoms with van der Waals surface area (Å²) in [5.41, 5.74) is 0.920. The second kappa shape index (κ2) is 4.78. The number of hydrogen-bond donors (Lipinski definition) is 2. The number of benzene rings is 1.